The molecular formula is C13H19N7O. The monoisotopic (exact) mass is 289 g/mol. The summed E-state index contributed by atoms with van der Waals surface area (Å²) in [6.07, 6.45) is 7.53. The Balaban J connectivity index is 1.71. The number of nitrogens with one attached hydrogen (secondary N) is 3. The fourth-order valence-corrected chi connectivity index (χ4v) is 2.87. The number of nitrogens with zero attached hydrogens (tertiary/aromatic N) is 4. The molecule has 0 radical (unpaired) electrons. The van der Waals surface area contributed by atoms with E-state index in [0.29, 0.717) is 17.3 Å². The van der Waals surface area contributed by atoms with Crippen LogP contribution in [0.2, 0.25) is 0 Å². The second-order valence-electron chi connectivity index (χ2n) is 5.50. The zero-order valence-electron chi connectivity index (χ0n) is 12.0. The summed E-state index contributed by atoms with van der Waals surface area (Å²) in [5, 5.41) is 23.6. The Morgan fingerprint density at radius 1 is 1.38 bits per heavy atom. The Kier molecular flexibility index (Phi) is 3.94. The van der Waals surface area contributed by atoms with Crippen LogP contribution in [0.4, 0.5) is 0 Å². The highest BCUT2D eigenvalue weighted by Crippen LogP contribution is 2.33. The van der Waals surface area contributed by atoms with E-state index in [4.69, 9.17) is 0 Å². The highest BCUT2D eigenvalue weighted by Gasteiger charge is 2.24. The zero-order chi connectivity index (χ0) is 14.7. The zero-order valence-corrected chi connectivity index (χ0v) is 12.0. The number of hydrogen-bond donors (Lipinski definition) is 3. The number of aromatic amines is 2. The molecule has 112 valence electrons. The van der Waals surface area contributed by atoms with Gasteiger partial charge in [-0.3, -0.25) is 9.89 Å². The van der Waals surface area contributed by atoms with Crippen LogP contribution in [0.1, 0.15) is 72.9 Å². The van der Waals surface area contributed by atoms with E-state index < -0.39 is 0 Å². The number of tetrazole rings is 1. The second kappa shape index (κ2) is 6.02. The van der Waals surface area contributed by atoms with Crippen molar-refractivity contribution >= 4 is 5.91 Å². The van der Waals surface area contributed by atoms with Crippen LogP contribution in [-0.4, -0.2) is 36.7 Å². The molecule has 3 rings (SSSR count). The smallest absolute Gasteiger partial charge is 0.255 e. The molecule has 1 fully saturated rings. The second-order valence-corrected chi connectivity index (χ2v) is 5.50. The van der Waals surface area contributed by atoms with E-state index in [9.17, 15) is 4.79 Å². The first-order valence-electron chi connectivity index (χ1n) is 7.33. The highest BCUT2D eigenvalue weighted by atomic mass is 16.1. The SMILES string of the molecule is C[C@H](NC(=O)c1cn[nH]c1C1CCCCC1)c1nn[nH]n1. The molecular weight excluding hydrogens is 270 g/mol. The van der Waals surface area contributed by atoms with Crippen molar-refractivity contribution < 1.29 is 4.79 Å². The van der Waals surface area contributed by atoms with Gasteiger partial charge in [0.05, 0.1) is 23.5 Å². The molecule has 0 saturated heterocycles. The highest BCUT2D eigenvalue weighted by molar-refractivity contribution is 5.95. The van der Waals surface area contributed by atoms with Crippen LogP contribution in [0.25, 0.3) is 0 Å². The van der Waals surface area contributed by atoms with Gasteiger partial charge in [-0.05, 0) is 19.8 Å². The normalized spacial score (nSPS) is 17.6. The summed E-state index contributed by atoms with van der Waals surface area (Å²) in [4.78, 5) is 12.4. The molecule has 0 bridgehead atoms. The maximum atomic E-state index is 12.4. The molecule has 0 aromatic carbocycles. The lowest BCUT2D eigenvalue weighted by atomic mass is 9.85. The number of carbonyl (C=O) groups excluding carboxylic acids is 1. The molecule has 3 N–H and O–H groups in total. The summed E-state index contributed by atoms with van der Waals surface area (Å²) >= 11 is 0. The fourth-order valence-electron chi connectivity index (χ4n) is 2.87. The Labute approximate surface area is 122 Å². The molecule has 2 heterocycles. The standard InChI is InChI=1S/C13H19N7O/c1-8(12-17-19-20-18-12)15-13(21)10-7-14-16-11(10)9-5-3-2-4-6-9/h7-9H,2-6H2,1H3,(H,14,16)(H,15,21)(H,17,18,19,20)/t8-/m0/s1. The van der Waals surface area contributed by atoms with Gasteiger partial charge in [0.25, 0.3) is 5.91 Å². The van der Waals surface area contributed by atoms with Crippen molar-refractivity contribution in [3.63, 3.8) is 0 Å². The molecule has 21 heavy (non-hydrogen) atoms. The lowest BCUT2D eigenvalue weighted by Crippen LogP contribution is -2.28. The summed E-state index contributed by atoms with van der Waals surface area (Å²) < 4.78 is 0. The number of hydrogen-bond acceptors (Lipinski definition) is 5. The van der Waals surface area contributed by atoms with Crippen molar-refractivity contribution in [2.24, 2.45) is 0 Å². The van der Waals surface area contributed by atoms with Crippen LogP contribution in [0.3, 0.4) is 0 Å². The van der Waals surface area contributed by atoms with Gasteiger partial charge < -0.3 is 5.32 Å². The van der Waals surface area contributed by atoms with Crippen molar-refractivity contribution in [3.05, 3.63) is 23.3 Å². The Hall–Kier alpha value is -2.25. The number of rotatable bonds is 4. The van der Waals surface area contributed by atoms with Crippen molar-refractivity contribution in [2.45, 2.75) is 51.0 Å². The van der Waals surface area contributed by atoms with Crippen molar-refractivity contribution in [3.8, 4) is 0 Å². The fraction of sp³-hybridized carbons (Fsp3) is 0.615. The number of aromatic nitrogens is 6. The minimum absolute atomic E-state index is 0.151. The number of carbonyl (C=O) groups is 1. The molecule has 1 atom stereocenters. The van der Waals surface area contributed by atoms with E-state index in [1.54, 1.807) is 6.20 Å². The van der Waals surface area contributed by atoms with E-state index in [1.807, 2.05) is 6.92 Å². The van der Waals surface area contributed by atoms with Gasteiger partial charge in [-0.15, -0.1) is 10.2 Å². The summed E-state index contributed by atoms with van der Waals surface area (Å²) in [5.41, 5.74) is 1.57. The first kappa shape index (κ1) is 13.7. The van der Waals surface area contributed by atoms with Gasteiger partial charge in [-0.2, -0.15) is 10.3 Å². The van der Waals surface area contributed by atoms with Crippen molar-refractivity contribution in [2.75, 3.05) is 0 Å². The molecule has 0 spiro atoms. The summed E-state index contributed by atoms with van der Waals surface area (Å²) in [6, 6.07) is -0.301. The summed E-state index contributed by atoms with van der Waals surface area (Å²) in [7, 11) is 0. The summed E-state index contributed by atoms with van der Waals surface area (Å²) in [5.74, 6) is 0.718. The van der Waals surface area contributed by atoms with Crippen molar-refractivity contribution in [1.82, 2.24) is 36.1 Å². The summed E-state index contributed by atoms with van der Waals surface area (Å²) in [6.45, 7) is 1.82. The van der Waals surface area contributed by atoms with Gasteiger partial charge in [-0.25, -0.2) is 0 Å². The Morgan fingerprint density at radius 2 is 2.19 bits per heavy atom. The van der Waals surface area contributed by atoms with Crippen LogP contribution < -0.4 is 5.32 Å². The molecule has 2 aromatic heterocycles. The van der Waals surface area contributed by atoms with Crippen LogP contribution in [0, 0.1) is 0 Å². The first-order valence-corrected chi connectivity index (χ1v) is 7.33. The quantitative estimate of drug-likeness (QED) is 0.788. The van der Waals surface area contributed by atoms with Gasteiger partial charge in [0, 0.05) is 5.92 Å². The maximum absolute atomic E-state index is 12.4. The van der Waals surface area contributed by atoms with Gasteiger partial charge >= 0.3 is 0 Å². The van der Waals surface area contributed by atoms with E-state index in [1.165, 1.54) is 19.3 Å². The average molecular weight is 289 g/mol. The molecule has 0 unspecified atom stereocenters. The minimum atomic E-state index is -0.301. The van der Waals surface area contributed by atoms with Gasteiger partial charge in [0.15, 0.2) is 5.82 Å². The topological polar surface area (TPSA) is 112 Å². The third kappa shape index (κ3) is 2.93. The van der Waals surface area contributed by atoms with Gasteiger partial charge in [-0.1, -0.05) is 24.5 Å². The third-order valence-electron chi connectivity index (χ3n) is 4.02. The maximum Gasteiger partial charge on any atom is 0.255 e. The Bertz CT molecular complexity index is 585. The average Bonchev–Trinajstić information content (AvgIpc) is 3.19. The van der Waals surface area contributed by atoms with Gasteiger partial charge in [0.2, 0.25) is 0 Å². The van der Waals surface area contributed by atoms with Crippen molar-refractivity contribution in [1.29, 1.82) is 0 Å². The minimum Gasteiger partial charge on any atom is -0.342 e. The largest absolute Gasteiger partial charge is 0.342 e. The van der Waals surface area contributed by atoms with E-state index in [-0.39, 0.29) is 11.9 Å². The lowest BCUT2D eigenvalue weighted by Gasteiger charge is -2.21. The molecule has 2 aromatic rings. The van der Waals surface area contributed by atoms with Crippen LogP contribution in [0.5, 0.6) is 0 Å². The number of amides is 1. The predicted octanol–water partition coefficient (Wildman–Crippen LogP) is 1.46. The lowest BCUT2D eigenvalue weighted by molar-refractivity contribution is 0.0936. The molecule has 8 nitrogen and oxygen atoms in total. The van der Waals surface area contributed by atoms with E-state index >= 15 is 0 Å². The van der Waals surface area contributed by atoms with Crippen LogP contribution >= 0.6 is 0 Å². The van der Waals surface area contributed by atoms with Crippen LogP contribution in [-0.2, 0) is 0 Å². The molecule has 1 aliphatic rings. The van der Waals surface area contributed by atoms with Crippen LogP contribution in [0.15, 0.2) is 6.20 Å². The van der Waals surface area contributed by atoms with E-state index in [2.05, 4.69) is 36.1 Å². The molecule has 1 amide bonds. The third-order valence-corrected chi connectivity index (χ3v) is 4.02. The molecule has 1 saturated carbocycles. The van der Waals surface area contributed by atoms with Gasteiger partial charge in [0.1, 0.15) is 0 Å². The Morgan fingerprint density at radius 3 is 2.90 bits per heavy atom. The van der Waals surface area contributed by atoms with E-state index in [0.717, 1.165) is 18.5 Å². The molecule has 1 aliphatic carbocycles. The predicted molar refractivity (Wildman–Crippen MR) is 74.5 cm³/mol. The first-order chi connectivity index (χ1) is 10.3. The number of H-pyrrole nitrogens is 2. The molecule has 8 heteroatoms. The molecule has 0 aliphatic heterocycles.